The molecule has 2 aliphatic rings. The van der Waals surface area contributed by atoms with Crippen LogP contribution < -0.4 is 15.5 Å². The van der Waals surface area contributed by atoms with E-state index in [9.17, 15) is 14.4 Å². The number of rotatable bonds is 5. The quantitative estimate of drug-likeness (QED) is 0.539. The maximum atomic E-state index is 13.3. The Morgan fingerprint density at radius 2 is 1.69 bits per heavy atom. The maximum absolute atomic E-state index is 13.3. The minimum absolute atomic E-state index is 0.348. The Bertz CT molecular complexity index is 1280. The van der Waals surface area contributed by atoms with Crippen LogP contribution in [0.2, 0.25) is 0 Å². The maximum Gasteiger partial charge on any atom is 0.325 e. The van der Waals surface area contributed by atoms with E-state index in [1.165, 1.54) is 12.8 Å². The van der Waals surface area contributed by atoms with E-state index in [4.69, 9.17) is 0 Å². The first-order chi connectivity index (χ1) is 16.8. The second-order valence-corrected chi connectivity index (χ2v) is 9.77. The van der Waals surface area contributed by atoms with Gasteiger partial charge >= 0.3 is 6.03 Å². The van der Waals surface area contributed by atoms with Crippen molar-refractivity contribution in [1.29, 1.82) is 0 Å². The van der Waals surface area contributed by atoms with Crippen molar-refractivity contribution in [2.24, 2.45) is 5.92 Å². The molecular weight excluding hydrogens is 440 g/mol. The zero-order valence-electron chi connectivity index (χ0n) is 20.1. The third kappa shape index (κ3) is 4.46. The summed E-state index contributed by atoms with van der Waals surface area (Å²) in [6.45, 7) is 5.69. The monoisotopic (exact) mass is 470 g/mol. The average molecular weight is 471 g/mol. The molecule has 0 saturated carbocycles. The van der Waals surface area contributed by atoms with Gasteiger partial charge in [0.05, 0.1) is 0 Å². The first kappa shape index (κ1) is 22.9. The largest absolute Gasteiger partial charge is 0.372 e. The van der Waals surface area contributed by atoms with Gasteiger partial charge in [0.15, 0.2) is 0 Å². The number of hydrogen-bond acceptors (Lipinski definition) is 4. The molecule has 2 aliphatic heterocycles. The fourth-order valence-corrected chi connectivity index (χ4v) is 4.90. The predicted molar refractivity (Wildman–Crippen MR) is 137 cm³/mol. The topological polar surface area (TPSA) is 81.8 Å². The van der Waals surface area contributed by atoms with Crippen LogP contribution in [-0.2, 0) is 15.1 Å². The Kier molecular flexibility index (Phi) is 5.93. The smallest absolute Gasteiger partial charge is 0.325 e. The van der Waals surface area contributed by atoms with E-state index in [1.54, 1.807) is 6.92 Å². The summed E-state index contributed by atoms with van der Waals surface area (Å²) in [5, 5.41) is 7.61. The van der Waals surface area contributed by atoms with Crippen molar-refractivity contribution in [3.8, 4) is 0 Å². The first-order valence-corrected chi connectivity index (χ1v) is 12.1. The van der Waals surface area contributed by atoms with E-state index in [1.807, 2.05) is 66.7 Å². The molecule has 0 spiro atoms. The van der Waals surface area contributed by atoms with Crippen LogP contribution in [0.4, 0.5) is 16.2 Å². The van der Waals surface area contributed by atoms with Crippen molar-refractivity contribution in [3.05, 3.63) is 72.3 Å². The number of carbonyl (C=O) groups excluding carboxylic acids is 3. The number of anilines is 2. The number of nitrogens with one attached hydrogen (secondary N) is 2. The summed E-state index contributed by atoms with van der Waals surface area (Å²) >= 11 is 0. The van der Waals surface area contributed by atoms with Gasteiger partial charge in [-0.2, -0.15) is 0 Å². The van der Waals surface area contributed by atoms with E-state index < -0.39 is 23.4 Å². The van der Waals surface area contributed by atoms with E-state index in [0.717, 1.165) is 40.4 Å². The van der Waals surface area contributed by atoms with Gasteiger partial charge in [0.25, 0.3) is 5.91 Å². The van der Waals surface area contributed by atoms with Gasteiger partial charge in [0.1, 0.15) is 12.1 Å². The third-order valence-corrected chi connectivity index (χ3v) is 7.20. The molecule has 2 heterocycles. The molecule has 4 amide bonds. The molecule has 0 aromatic heterocycles. The third-order valence-electron chi connectivity index (χ3n) is 7.20. The number of piperidine rings is 1. The lowest BCUT2D eigenvalue weighted by Crippen LogP contribution is -2.42. The van der Waals surface area contributed by atoms with E-state index in [0.29, 0.717) is 11.3 Å². The van der Waals surface area contributed by atoms with E-state index in [-0.39, 0.29) is 6.54 Å². The lowest BCUT2D eigenvalue weighted by atomic mass is 9.90. The van der Waals surface area contributed by atoms with Gasteiger partial charge in [-0.25, -0.2) is 4.79 Å². The van der Waals surface area contributed by atoms with E-state index in [2.05, 4.69) is 22.5 Å². The van der Waals surface area contributed by atoms with Crippen LogP contribution in [0.15, 0.2) is 66.7 Å². The zero-order valence-corrected chi connectivity index (χ0v) is 20.1. The first-order valence-electron chi connectivity index (χ1n) is 12.1. The number of fused-ring (bicyclic) bond motifs is 1. The van der Waals surface area contributed by atoms with Crippen molar-refractivity contribution < 1.29 is 14.4 Å². The summed E-state index contributed by atoms with van der Waals surface area (Å²) < 4.78 is 0. The summed E-state index contributed by atoms with van der Waals surface area (Å²) in [6.07, 6.45) is 2.37. The van der Waals surface area contributed by atoms with Gasteiger partial charge < -0.3 is 15.5 Å². The van der Waals surface area contributed by atoms with Crippen molar-refractivity contribution in [2.45, 2.75) is 32.2 Å². The molecule has 1 unspecified atom stereocenters. The molecule has 7 nitrogen and oxygen atoms in total. The minimum atomic E-state index is -1.23. The van der Waals surface area contributed by atoms with Crippen LogP contribution in [0, 0.1) is 5.92 Å². The molecular formula is C28H30N4O3. The number of benzene rings is 3. The number of carbonyl (C=O) groups is 3. The van der Waals surface area contributed by atoms with Gasteiger partial charge in [0.2, 0.25) is 5.91 Å². The Hall–Kier alpha value is -3.87. The minimum Gasteiger partial charge on any atom is -0.372 e. The van der Waals surface area contributed by atoms with Gasteiger partial charge in [0, 0.05) is 24.5 Å². The normalized spacial score (nSPS) is 20.9. The molecule has 5 rings (SSSR count). The van der Waals surface area contributed by atoms with Crippen molar-refractivity contribution >= 4 is 40.0 Å². The molecule has 3 aromatic carbocycles. The van der Waals surface area contributed by atoms with Gasteiger partial charge in [-0.1, -0.05) is 43.3 Å². The molecule has 0 bridgehead atoms. The molecule has 2 fully saturated rings. The molecule has 35 heavy (non-hydrogen) atoms. The average Bonchev–Trinajstić information content (AvgIpc) is 3.08. The van der Waals surface area contributed by atoms with Crippen molar-refractivity contribution in [3.63, 3.8) is 0 Å². The molecule has 3 aromatic rings. The van der Waals surface area contributed by atoms with Crippen LogP contribution in [0.3, 0.4) is 0 Å². The van der Waals surface area contributed by atoms with Crippen LogP contribution >= 0.6 is 0 Å². The predicted octanol–water partition coefficient (Wildman–Crippen LogP) is 4.48. The van der Waals surface area contributed by atoms with Gasteiger partial charge in [-0.15, -0.1) is 0 Å². The fourth-order valence-electron chi connectivity index (χ4n) is 4.90. The summed E-state index contributed by atoms with van der Waals surface area (Å²) in [5.74, 6) is -0.100. The van der Waals surface area contributed by atoms with Crippen LogP contribution in [0.1, 0.15) is 32.3 Å². The highest BCUT2D eigenvalue weighted by molar-refractivity contribution is 6.10. The summed E-state index contributed by atoms with van der Waals surface area (Å²) in [4.78, 5) is 42.0. The number of urea groups is 1. The highest BCUT2D eigenvalue weighted by atomic mass is 16.2. The van der Waals surface area contributed by atoms with Crippen LogP contribution in [0.25, 0.3) is 10.8 Å². The van der Waals surface area contributed by atoms with Crippen molar-refractivity contribution in [2.75, 3.05) is 29.9 Å². The molecule has 2 saturated heterocycles. The van der Waals surface area contributed by atoms with Crippen molar-refractivity contribution in [1.82, 2.24) is 10.2 Å². The molecule has 2 N–H and O–H groups in total. The SMILES string of the molecule is CC1CCN(c2ccc(NC(=O)CN3C(=O)NC(C)(c4ccc5ccccc5c4)C3=O)cc2)CC1. The summed E-state index contributed by atoms with van der Waals surface area (Å²) in [5.41, 5.74) is 1.22. The fraction of sp³-hybridized carbons (Fsp3) is 0.321. The molecule has 180 valence electrons. The number of amides is 4. The summed E-state index contributed by atoms with van der Waals surface area (Å²) in [7, 11) is 0. The second kappa shape index (κ2) is 9.06. The van der Waals surface area contributed by atoms with Crippen LogP contribution in [0.5, 0.6) is 0 Å². The lowest BCUT2D eigenvalue weighted by molar-refractivity contribution is -0.133. The lowest BCUT2D eigenvalue weighted by Gasteiger charge is -2.32. The van der Waals surface area contributed by atoms with Crippen LogP contribution in [-0.4, -0.2) is 42.4 Å². The van der Waals surface area contributed by atoms with Gasteiger partial charge in [-0.05, 0) is 72.4 Å². The zero-order chi connectivity index (χ0) is 24.6. The number of hydrogen-bond donors (Lipinski definition) is 2. The summed E-state index contributed by atoms with van der Waals surface area (Å²) in [6, 6.07) is 20.6. The Balaban J connectivity index is 1.24. The highest BCUT2D eigenvalue weighted by Crippen LogP contribution is 2.31. The standard InChI is InChI=1S/C28H30N4O3/c1-19-13-15-31(16-14-19)24-11-9-23(10-12-24)29-25(33)18-32-26(34)28(2,30-27(32)35)22-8-7-20-5-3-4-6-21(20)17-22/h3-12,17,19H,13-16,18H2,1-2H3,(H,29,33)(H,30,35). The molecule has 1 atom stereocenters. The number of imide groups is 1. The van der Waals surface area contributed by atoms with Gasteiger partial charge in [-0.3, -0.25) is 14.5 Å². The highest BCUT2D eigenvalue weighted by Gasteiger charge is 2.49. The Morgan fingerprint density at radius 1 is 1.00 bits per heavy atom. The number of nitrogens with zero attached hydrogens (tertiary/aromatic N) is 2. The molecule has 7 heteroatoms. The molecule has 0 radical (unpaired) electrons. The molecule has 0 aliphatic carbocycles. The van der Waals surface area contributed by atoms with E-state index >= 15 is 0 Å². The second-order valence-electron chi connectivity index (χ2n) is 9.77. The Labute approximate surface area is 205 Å². The Morgan fingerprint density at radius 3 is 2.40 bits per heavy atom.